The van der Waals surface area contributed by atoms with Gasteiger partial charge in [-0.3, -0.25) is 9.59 Å². The molecule has 2 aromatic heterocycles. The summed E-state index contributed by atoms with van der Waals surface area (Å²) < 4.78 is 5.46. The van der Waals surface area contributed by atoms with E-state index in [0.29, 0.717) is 17.0 Å². The molecule has 136 valence electrons. The fourth-order valence-electron chi connectivity index (χ4n) is 2.21. The lowest BCUT2D eigenvalue weighted by Crippen LogP contribution is -2.20. The normalized spacial score (nSPS) is 10.3. The van der Waals surface area contributed by atoms with E-state index < -0.39 is 0 Å². The van der Waals surface area contributed by atoms with Gasteiger partial charge in [-0.15, -0.1) is 0 Å². The van der Waals surface area contributed by atoms with Gasteiger partial charge < -0.3 is 10.1 Å². The van der Waals surface area contributed by atoms with E-state index >= 15 is 0 Å². The number of rotatable bonds is 7. The maximum atomic E-state index is 12.1. The first-order valence-electron chi connectivity index (χ1n) is 8.19. The van der Waals surface area contributed by atoms with E-state index in [4.69, 9.17) is 4.74 Å². The second-order valence-corrected chi connectivity index (χ2v) is 6.61. The van der Waals surface area contributed by atoms with Crippen LogP contribution in [0.25, 0.3) is 0 Å². The highest BCUT2D eigenvalue weighted by molar-refractivity contribution is 7.99. The molecular formula is C20H17N3O3S. The summed E-state index contributed by atoms with van der Waals surface area (Å²) in [5, 5.41) is 4.32. The Morgan fingerprint density at radius 2 is 1.85 bits per heavy atom. The first-order valence-corrected chi connectivity index (χ1v) is 9.00. The third kappa shape index (κ3) is 5.65. The molecule has 1 aromatic carbocycles. The molecule has 0 aliphatic heterocycles. The second-order valence-electron chi connectivity index (χ2n) is 5.57. The van der Waals surface area contributed by atoms with Crippen molar-refractivity contribution < 1.29 is 14.3 Å². The molecule has 6 nitrogen and oxygen atoms in total. The molecule has 0 fully saturated rings. The Bertz CT molecular complexity index is 948. The van der Waals surface area contributed by atoms with Crippen LogP contribution in [0.1, 0.15) is 17.3 Å². The molecule has 1 N–H and O–H groups in total. The van der Waals surface area contributed by atoms with Crippen LogP contribution in [0.5, 0.6) is 5.75 Å². The Kier molecular flexibility index (Phi) is 6.17. The fraction of sp³-hybridized carbons (Fsp3) is 0.100. The molecule has 2 heterocycles. The summed E-state index contributed by atoms with van der Waals surface area (Å²) in [6, 6.07) is 15.9. The molecular weight excluding hydrogens is 362 g/mol. The minimum atomic E-state index is -0.303. The van der Waals surface area contributed by atoms with Crippen LogP contribution in [0.3, 0.4) is 0 Å². The quantitative estimate of drug-likeness (QED) is 0.628. The van der Waals surface area contributed by atoms with Crippen LogP contribution in [0.15, 0.2) is 77.0 Å². The molecule has 0 saturated carbocycles. The number of hydrogen-bond donors (Lipinski definition) is 1. The van der Waals surface area contributed by atoms with E-state index in [1.54, 1.807) is 48.8 Å². The minimum absolute atomic E-state index is 0.0559. The molecule has 0 aliphatic carbocycles. The van der Waals surface area contributed by atoms with Gasteiger partial charge in [0.15, 0.2) is 12.4 Å². The maximum absolute atomic E-state index is 12.1. The molecule has 0 radical (unpaired) electrons. The summed E-state index contributed by atoms with van der Waals surface area (Å²) in [6.45, 7) is 1.32. The van der Waals surface area contributed by atoms with Crippen LogP contribution in [-0.4, -0.2) is 28.3 Å². The van der Waals surface area contributed by atoms with Gasteiger partial charge in [-0.1, -0.05) is 30.0 Å². The molecule has 3 aromatic rings. The highest BCUT2D eigenvalue weighted by atomic mass is 32.2. The number of pyridine rings is 2. The van der Waals surface area contributed by atoms with Gasteiger partial charge in [0.25, 0.3) is 5.91 Å². The Morgan fingerprint density at radius 3 is 2.63 bits per heavy atom. The van der Waals surface area contributed by atoms with Crippen LogP contribution in [0, 0.1) is 0 Å². The fourth-order valence-corrected chi connectivity index (χ4v) is 2.98. The van der Waals surface area contributed by atoms with Crippen molar-refractivity contribution in [2.75, 3.05) is 11.9 Å². The molecule has 0 unspecified atom stereocenters. The standard InChI is InChI=1S/C20H17N3O3S/c1-14(24)15-5-4-6-17(11-15)26-13-18(25)23-16-8-10-22-20(12-16)27-19-7-2-3-9-21-19/h2-12H,13H2,1H3,(H,22,23,25). The average Bonchev–Trinajstić information content (AvgIpc) is 2.68. The SMILES string of the molecule is CC(=O)c1cccc(OCC(=O)Nc2ccnc(Sc3ccccn3)c2)c1. The number of benzene rings is 1. The smallest absolute Gasteiger partial charge is 0.262 e. The van der Waals surface area contributed by atoms with E-state index in [0.717, 1.165) is 10.1 Å². The number of Topliss-reactive ketones (excluding diaryl/α,β-unsaturated/α-hetero) is 1. The van der Waals surface area contributed by atoms with Gasteiger partial charge in [-0.05, 0) is 43.3 Å². The highest BCUT2D eigenvalue weighted by Crippen LogP contribution is 2.25. The Balaban J connectivity index is 1.57. The zero-order valence-electron chi connectivity index (χ0n) is 14.6. The third-order valence-electron chi connectivity index (χ3n) is 3.48. The predicted octanol–water partition coefficient (Wildman–Crippen LogP) is 3.85. The lowest BCUT2D eigenvalue weighted by Gasteiger charge is -2.09. The molecule has 0 atom stereocenters. The van der Waals surface area contributed by atoms with Gasteiger partial charge in [-0.25, -0.2) is 9.97 Å². The number of carbonyl (C=O) groups excluding carboxylic acids is 2. The van der Waals surface area contributed by atoms with Crippen LogP contribution in [0.2, 0.25) is 0 Å². The molecule has 0 aliphatic rings. The van der Waals surface area contributed by atoms with Crippen LogP contribution < -0.4 is 10.1 Å². The Morgan fingerprint density at radius 1 is 1.00 bits per heavy atom. The lowest BCUT2D eigenvalue weighted by atomic mass is 10.1. The van der Waals surface area contributed by atoms with Gasteiger partial charge in [0.2, 0.25) is 0 Å². The molecule has 1 amide bonds. The van der Waals surface area contributed by atoms with Gasteiger partial charge in [0.1, 0.15) is 15.8 Å². The van der Waals surface area contributed by atoms with Crippen molar-refractivity contribution in [3.05, 3.63) is 72.6 Å². The summed E-state index contributed by atoms with van der Waals surface area (Å²) in [5.74, 6) is 0.113. The molecule has 0 bridgehead atoms. The van der Waals surface area contributed by atoms with Crippen molar-refractivity contribution in [3.8, 4) is 5.75 Å². The molecule has 27 heavy (non-hydrogen) atoms. The Hall–Kier alpha value is -3.19. The molecule has 0 saturated heterocycles. The van der Waals surface area contributed by atoms with Crippen LogP contribution in [-0.2, 0) is 4.79 Å². The van der Waals surface area contributed by atoms with Crippen molar-refractivity contribution in [1.29, 1.82) is 0 Å². The summed E-state index contributed by atoms with van der Waals surface area (Å²) in [4.78, 5) is 32.0. The molecule has 0 spiro atoms. The number of hydrogen-bond acceptors (Lipinski definition) is 6. The van der Waals surface area contributed by atoms with E-state index in [-0.39, 0.29) is 18.3 Å². The topological polar surface area (TPSA) is 81.2 Å². The van der Waals surface area contributed by atoms with Crippen LogP contribution in [0.4, 0.5) is 5.69 Å². The van der Waals surface area contributed by atoms with Gasteiger partial charge in [0, 0.05) is 23.6 Å². The van der Waals surface area contributed by atoms with Crippen molar-refractivity contribution in [1.82, 2.24) is 9.97 Å². The van der Waals surface area contributed by atoms with Gasteiger partial charge >= 0.3 is 0 Å². The zero-order chi connectivity index (χ0) is 19.1. The van der Waals surface area contributed by atoms with Crippen molar-refractivity contribution in [2.24, 2.45) is 0 Å². The first-order chi connectivity index (χ1) is 13.1. The number of nitrogens with one attached hydrogen (secondary N) is 1. The van der Waals surface area contributed by atoms with E-state index in [2.05, 4.69) is 15.3 Å². The monoisotopic (exact) mass is 379 g/mol. The number of carbonyl (C=O) groups is 2. The largest absolute Gasteiger partial charge is 0.484 e. The molecule has 3 rings (SSSR count). The van der Waals surface area contributed by atoms with Crippen molar-refractivity contribution in [2.45, 2.75) is 17.0 Å². The summed E-state index contributed by atoms with van der Waals surface area (Å²) in [7, 11) is 0. The first kappa shape index (κ1) is 18.6. The van der Waals surface area contributed by atoms with E-state index in [1.165, 1.54) is 18.7 Å². The summed E-state index contributed by atoms with van der Waals surface area (Å²) in [6.07, 6.45) is 3.34. The van der Waals surface area contributed by atoms with Gasteiger partial charge in [-0.2, -0.15) is 0 Å². The highest BCUT2D eigenvalue weighted by Gasteiger charge is 2.07. The number of nitrogens with zero attached hydrogens (tertiary/aromatic N) is 2. The predicted molar refractivity (Wildman–Crippen MR) is 103 cm³/mol. The maximum Gasteiger partial charge on any atom is 0.262 e. The number of aromatic nitrogens is 2. The van der Waals surface area contributed by atoms with Crippen molar-refractivity contribution in [3.63, 3.8) is 0 Å². The molecule has 7 heteroatoms. The summed E-state index contributed by atoms with van der Waals surface area (Å²) >= 11 is 1.41. The van der Waals surface area contributed by atoms with E-state index in [1.807, 2.05) is 18.2 Å². The average molecular weight is 379 g/mol. The van der Waals surface area contributed by atoms with Gasteiger partial charge in [0.05, 0.1) is 0 Å². The number of amides is 1. The second kappa shape index (κ2) is 8.95. The lowest BCUT2D eigenvalue weighted by molar-refractivity contribution is -0.118. The Labute approximate surface area is 161 Å². The number of ether oxygens (including phenoxy) is 1. The number of ketones is 1. The van der Waals surface area contributed by atoms with Crippen molar-refractivity contribution >= 4 is 29.1 Å². The zero-order valence-corrected chi connectivity index (χ0v) is 15.4. The summed E-state index contributed by atoms with van der Waals surface area (Å²) in [5.41, 5.74) is 1.16. The minimum Gasteiger partial charge on any atom is -0.484 e. The third-order valence-corrected chi connectivity index (χ3v) is 4.36. The number of anilines is 1. The van der Waals surface area contributed by atoms with Crippen LogP contribution >= 0.6 is 11.8 Å². The van der Waals surface area contributed by atoms with E-state index in [9.17, 15) is 9.59 Å².